The lowest BCUT2D eigenvalue weighted by molar-refractivity contribution is -0.137. The van der Waals surface area contributed by atoms with Crippen LogP contribution in [-0.4, -0.2) is 21.2 Å². The van der Waals surface area contributed by atoms with Crippen LogP contribution >= 0.6 is 0 Å². The number of hydrogen-bond acceptors (Lipinski definition) is 2. The maximum Gasteiger partial charge on any atom is 0.416 e. The summed E-state index contributed by atoms with van der Waals surface area (Å²) in [6.45, 7) is 0. The third-order valence-electron chi connectivity index (χ3n) is 3.50. The van der Waals surface area contributed by atoms with E-state index in [-0.39, 0.29) is 6.10 Å². The summed E-state index contributed by atoms with van der Waals surface area (Å²) in [6, 6.07) is 4.91. The van der Waals surface area contributed by atoms with E-state index in [0.29, 0.717) is 30.7 Å². The molecule has 0 radical (unpaired) electrons. The van der Waals surface area contributed by atoms with Gasteiger partial charge in [0.1, 0.15) is 5.82 Å². The van der Waals surface area contributed by atoms with Crippen LogP contribution < -0.4 is 0 Å². The van der Waals surface area contributed by atoms with Crippen LogP contribution in [0.2, 0.25) is 0 Å². The molecular weight excluding hydrogens is 269 g/mol. The van der Waals surface area contributed by atoms with Crippen molar-refractivity contribution in [2.24, 2.45) is 0 Å². The molecule has 0 saturated heterocycles. The zero-order valence-corrected chi connectivity index (χ0v) is 10.5. The van der Waals surface area contributed by atoms with Gasteiger partial charge in [0.15, 0.2) is 0 Å². The Morgan fingerprint density at radius 1 is 1.20 bits per heavy atom. The Kier molecular flexibility index (Phi) is 3.05. The van der Waals surface area contributed by atoms with Crippen molar-refractivity contribution in [3.8, 4) is 11.4 Å². The third kappa shape index (κ3) is 2.43. The summed E-state index contributed by atoms with van der Waals surface area (Å²) in [6.07, 6.45) is -2.82. The lowest BCUT2D eigenvalue weighted by atomic mass is 9.99. The predicted molar refractivity (Wildman–Crippen MR) is 67.1 cm³/mol. The van der Waals surface area contributed by atoms with Crippen LogP contribution in [0.15, 0.2) is 24.3 Å². The molecule has 6 heteroatoms. The first kappa shape index (κ1) is 13.2. The third-order valence-corrected chi connectivity index (χ3v) is 3.50. The van der Waals surface area contributed by atoms with Gasteiger partial charge in [-0.15, -0.1) is 0 Å². The molecule has 1 heterocycles. The second-order valence-electron chi connectivity index (χ2n) is 4.98. The van der Waals surface area contributed by atoms with Gasteiger partial charge in [-0.1, -0.05) is 12.1 Å². The van der Waals surface area contributed by atoms with Crippen molar-refractivity contribution in [2.45, 2.75) is 31.5 Å². The molecule has 3 nitrogen and oxygen atoms in total. The van der Waals surface area contributed by atoms with E-state index in [1.165, 1.54) is 12.1 Å². The fourth-order valence-corrected chi connectivity index (χ4v) is 2.42. The molecule has 106 valence electrons. The van der Waals surface area contributed by atoms with Gasteiger partial charge in [0, 0.05) is 17.7 Å². The van der Waals surface area contributed by atoms with E-state index in [9.17, 15) is 18.3 Å². The van der Waals surface area contributed by atoms with Gasteiger partial charge in [-0.25, -0.2) is 4.98 Å². The van der Waals surface area contributed by atoms with E-state index in [1.54, 1.807) is 0 Å². The van der Waals surface area contributed by atoms with Crippen LogP contribution in [0.1, 0.15) is 23.4 Å². The summed E-state index contributed by atoms with van der Waals surface area (Å²) in [4.78, 5) is 7.49. The van der Waals surface area contributed by atoms with Gasteiger partial charge < -0.3 is 10.1 Å². The number of hydrogen-bond donors (Lipinski definition) is 2. The molecule has 20 heavy (non-hydrogen) atoms. The zero-order chi connectivity index (χ0) is 14.3. The molecule has 1 atom stereocenters. The number of aromatic nitrogens is 2. The average Bonchev–Trinajstić information content (AvgIpc) is 2.80. The largest absolute Gasteiger partial charge is 0.416 e. The van der Waals surface area contributed by atoms with E-state index in [0.717, 1.165) is 23.5 Å². The van der Waals surface area contributed by atoms with Gasteiger partial charge in [0.2, 0.25) is 0 Å². The fourth-order valence-electron chi connectivity index (χ4n) is 2.42. The van der Waals surface area contributed by atoms with E-state index < -0.39 is 11.7 Å². The van der Waals surface area contributed by atoms with Crippen molar-refractivity contribution in [1.82, 2.24) is 9.97 Å². The lowest BCUT2D eigenvalue weighted by Crippen LogP contribution is -2.18. The highest BCUT2D eigenvalue weighted by atomic mass is 19.4. The number of aromatic amines is 1. The van der Waals surface area contributed by atoms with Gasteiger partial charge in [-0.2, -0.15) is 13.2 Å². The highest BCUT2D eigenvalue weighted by molar-refractivity contribution is 5.57. The molecule has 3 rings (SSSR count). The number of imidazole rings is 1. The van der Waals surface area contributed by atoms with E-state index in [1.807, 2.05) is 0 Å². The Labute approximate surface area is 113 Å². The Balaban J connectivity index is 1.90. The van der Waals surface area contributed by atoms with Gasteiger partial charge in [-0.3, -0.25) is 0 Å². The Hall–Kier alpha value is -1.82. The van der Waals surface area contributed by atoms with Crippen LogP contribution in [-0.2, 0) is 19.0 Å². The van der Waals surface area contributed by atoms with Crippen molar-refractivity contribution in [2.75, 3.05) is 0 Å². The molecule has 0 bridgehead atoms. The minimum absolute atomic E-state index is 0.372. The molecule has 0 amide bonds. The van der Waals surface area contributed by atoms with Gasteiger partial charge in [0.25, 0.3) is 0 Å². The van der Waals surface area contributed by atoms with Crippen molar-refractivity contribution >= 4 is 0 Å². The Morgan fingerprint density at radius 3 is 2.55 bits per heavy atom. The second-order valence-corrected chi connectivity index (χ2v) is 4.98. The highest BCUT2D eigenvalue weighted by Gasteiger charge is 2.30. The number of nitrogens with one attached hydrogen (secondary N) is 1. The molecule has 0 spiro atoms. The Morgan fingerprint density at radius 2 is 1.90 bits per heavy atom. The molecule has 0 fully saturated rings. The topological polar surface area (TPSA) is 48.9 Å². The normalized spacial score (nSPS) is 18.9. The first-order valence-electron chi connectivity index (χ1n) is 6.37. The van der Waals surface area contributed by atoms with E-state index >= 15 is 0 Å². The first-order chi connectivity index (χ1) is 9.43. The number of aliphatic hydroxyl groups excluding tert-OH is 1. The number of fused-ring (bicyclic) bond motifs is 1. The molecule has 1 aromatic carbocycles. The van der Waals surface area contributed by atoms with Crippen LogP contribution in [0.4, 0.5) is 13.2 Å². The summed E-state index contributed by atoms with van der Waals surface area (Å²) in [5, 5.41) is 9.59. The van der Waals surface area contributed by atoms with E-state index in [2.05, 4.69) is 9.97 Å². The number of benzene rings is 1. The summed E-state index contributed by atoms with van der Waals surface area (Å²) < 4.78 is 37.5. The summed E-state index contributed by atoms with van der Waals surface area (Å²) in [5.74, 6) is 0.554. The molecule has 0 aliphatic heterocycles. The molecule has 1 aromatic heterocycles. The average molecular weight is 282 g/mol. The van der Waals surface area contributed by atoms with Gasteiger partial charge in [-0.05, 0) is 25.0 Å². The number of H-pyrrole nitrogens is 1. The molecule has 2 aromatic rings. The minimum Gasteiger partial charge on any atom is -0.393 e. The molecule has 2 N–H and O–H groups in total. The number of aliphatic hydroxyl groups is 1. The van der Waals surface area contributed by atoms with Crippen LogP contribution in [0.5, 0.6) is 0 Å². The van der Waals surface area contributed by atoms with Gasteiger partial charge in [0.05, 0.1) is 17.4 Å². The molecule has 0 saturated carbocycles. The van der Waals surface area contributed by atoms with Crippen molar-refractivity contribution < 1.29 is 18.3 Å². The van der Waals surface area contributed by atoms with Crippen LogP contribution in [0, 0.1) is 0 Å². The SMILES string of the molecule is OC1CCc2nc(-c3ccc(C(F)(F)F)cc3)[nH]c2C1. The Bertz CT molecular complexity index is 616. The summed E-state index contributed by atoms with van der Waals surface area (Å²) in [7, 11) is 0. The maximum atomic E-state index is 12.5. The molecule has 1 unspecified atom stereocenters. The van der Waals surface area contributed by atoms with Crippen molar-refractivity contribution in [3.05, 3.63) is 41.2 Å². The lowest BCUT2D eigenvalue weighted by Gasteiger charge is -2.14. The van der Waals surface area contributed by atoms with Gasteiger partial charge >= 0.3 is 6.18 Å². The molecule has 1 aliphatic rings. The molecule has 1 aliphatic carbocycles. The standard InChI is InChI=1S/C14H13F3N2O/c15-14(16,17)9-3-1-8(2-4-9)13-18-11-6-5-10(20)7-12(11)19-13/h1-4,10,20H,5-7H2,(H,18,19). The minimum atomic E-state index is -4.33. The summed E-state index contributed by atoms with van der Waals surface area (Å²) in [5.41, 5.74) is 1.71. The van der Waals surface area contributed by atoms with Crippen molar-refractivity contribution in [3.63, 3.8) is 0 Å². The first-order valence-corrected chi connectivity index (χ1v) is 6.37. The number of nitrogens with zero attached hydrogens (tertiary/aromatic N) is 1. The highest BCUT2D eigenvalue weighted by Crippen LogP contribution is 2.31. The fraction of sp³-hybridized carbons (Fsp3) is 0.357. The number of halogens is 3. The predicted octanol–water partition coefficient (Wildman–Crippen LogP) is 2.95. The van der Waals surface area contributed by atoms with Crippen LogP contribution in [0.3, 0.4) is 0 Å². The quantitative estimate of drug-likeness (QED) is 0.845. The smallest absolute Gasteiger partial charge is 0.393 e. The summed E-state index contributed by atoms with van der Waals surface area (Å²) >= 11 is 0. The second kappa shape index (κ2) is 4.63. The zero-order valence-electron chi connectivity index (χ0n) is 10.5. The number of alkyl halides is 3. The number of aryl methyl sites for hydroxylation is 1. The monoisotopic (exact) mass is 282 g/mol. The molecular formula is C14H13F3N2O. The number of rotatable bonds is 1. The van der Waals surface area contributed by atoms with E-state index in [4.69, 9.17) is 0 Å². The maximum absolute atomic E-state index is 12.5. The van der Waals surface area contributed by atoms with Crippen molar-refractivity contribution in [1.29, 1.82) is 0 Å². The van der Waals surface area contributed by atoms with Crippen LogP contribution in [0.25, 0.3) is 11.4 Å².